The van der Waals surface area contributed by atoms with Gasteiger partial charge in [-0.25, -0.2) is 0 Å². The third-order valence-corrected chi connectivity index (χ3v) is 30.2. The minimum Gasteiger partial charge on any atom is -0.311 e. The van der Waals surface area contributed by atoms with E-state index in [0.29, 0.717) is 0 Å². The lowest BCUT2D eigenvalue weighted by Crippen LogP contribution is -2.10. The molecule has 7 heteroatoms. The summed E-state index contributed by atoms with van der Waals surface area (Å²) in [7, 11) is 0. The number of aromatic nitrogens is 3. The zero-order valence-corrected chi connectivity index (χ0v) is 80.0. The summed E-state index contributed by atoms with van der Waals surface area (Å²) in [6.07, 6.45) is 0. The number of fused-ring (bicyclic) bond motifs is 22. The standard InChI is InChI=1S/C48H32N2.C46H30N2S.C44H30N2/c1-2-14-39(15-3-1)49(40-24-20-34(21-25-40)38-19-18-33-10-4-5-13-37(33)32-38)41-26-28-42(29-27-41)50-45-30-22-35-11-6-8-16-43(35)47(45)48-44-17-9-7-12-36(44)23-31-46(48)50;1-2-13-35(14-3-1)47(36-25-23-32(24-26-36)34-22-21-31-11-4-5-12-33(31)29-34)37-15-10-16-38(30-37)48-42-19-8-6-18-41(42)45-43(48)28-27-40-39-17-7-9-20-44(39)49-46(40)45;1-2-13-36(14-3-1)45(37-23-20-32(21-24-37)35-19-18-31-10-4-5-12-34(31)30-35)38-25-27-39(28-26-38)46-42-17-9-8-16-41(42)44-40-15-7-6-11-33(40)22-29-43(44)46/h1-32H;1-30H;1-30H. The summed E-state index contributed by atoms with van der Waals surface area (Å²) in [4.78, 5) is 7.01. The number of anilines is 9. The minimum absolute atomic E-state index is 1.11. The Morgan fingerprint density at radius 1 is 0.138 bits per heavy atom. The van der Waals surface area contributed by atoms with E-state index in [2.05, 4.69) is 587 Å². The van der Waals surface area contributed by atoms with Gasteiger partial charge in [0.05, 0.1) is 33.1 Å². The van der Waals surface area contributed by atoms with Gasteiger partial charge in [-0.05, 0) is 298 Å². The number of nitrogens with zero attached hydrogens (tertiary/aromatic N) is 6. The summed E-state index contributed by atoms with van der Waals surface area (Å²) in [6, 6.07) is 202. The van der Waals surface area contributed by atoms with Gasteiger partial charge in [-0.2, -0.15) is 0 Å². The van der Waals surface area contributed by atoms with Gasteiger partial charge in [0.25, 0.3) is 0 Å². The molecule has 0 amide bonds. The highest BCUT2D eigenvalue weighted by Crippen LogP contribution is 2.49. The Bertz CT molecular complexity index is 9910. The van der Waals surface area contributed by atoms with Gasteiger partial charge in [0.15, 0.2) is 0 Å². The summed E-state index contributed by atoms with van der Waals surface area (Å²) in [5.41, 5.74) is 28.0. The summed E-state index contributed by atoms with van der Waals surface area (Å²) < 4.78 is 9.94. The van der Waals surface area contributed by atoms with Crippen molar-refractivity contribution in [2.45, 2.75) is 0 Å². The van der Waals surface area contributed by atoms with Crippen LogP contribution in [0.25, 0.3) is 201 Å². The molecule has 0 spiro atoms. The second-order valence-corrected chi connectivity index (χ2v) is 38.5. The zero-order valence-electron chi connectivity index (χ0n) is 79.2. The van der Waals surface area contributed by atoms with Crippen molar-refractivity contribution in [1.29, 1.82) is 0 Å². The van der Waals surface area contributed by atoms with Gasteiger partial charge in [0.2, 0.25) is 0 Å². The Kier molecular flexibility index (Phi) is 21.4. The van der Waals surface area contributed by atoms with Crippen molar-refractivity contribution in [2.75, 3.05) is 14.7 Å². The van der Waals surface area contributed by atoms with E-state index in [4.69, 9.17) is 0 Å². The van der Waals surface area contributed by atoms with Gasteiger partial charge in [0, 0.05) is 121 Å². The third-order valence-electron chi connectivity index (χ3n) is 29.0. The highest BCUT2D eigenvalue weighted by atomic mass is 32.1. The lowest BCUT2D eigenvalue weighted by atomic mass is 10.00. The number of thiophene rings is 1. The van der Waals surface area contributed by atoms with Crippen LogP contribution < -0.4 is 14.7 Å². The van der Waals surface area contributed by atoms with E-state index in [1.165, 1.54) is 184 Å². The summed E-state index contributed by atoms with van der Waals surface area (Å²) in [5, 5.41) is 25.6. The van der Waals surface area contributed by atoms with Gasteiger partial charge in [0.1, 0.15) is 0 Å². The Hall–Kier alpha value is -18.9. The molecule has 6 nitrogen and oxygen atoms in total. The molecule has 0 aliphatic heterocycles. The van der Waals surface area contributed by atoms with E-state index in [-0.39, 0.29) is 0 Å². The molecule has 0 N–H and O–H groups in total. The molecule has 0 aliphatic rings. The molecule has 0 aliphatic carbocycles. The highest BCUT2D eigenvalue weighted by molar-refractivity contribution is 7.26. The molecule has 0 atom stereocenters. The van der Waals surface area contributed by atoms with E-state index >= 15 is 0 Å². The van der Waals surface area contributed by atoms with Crippen LogP contribution in [0.5, 0.6) is 0 Å². The zero-order chi connectivity index (χ0) is 95.8. The number of para-hydroxylation sites is 5. The molecule has 25 aromatic carbocycles. The molecule has 145 heavy (non-hydrogen) atoms. The first-order valence-corrected chi connectivity index (χ1v) is 50.5. The lowest BCUT2D eigenvalue weighted by molar-refractivity contribution is 1.17. The highest BCUT2D eigenvalue weighted by Gasteiger charge is 2.25. The van der Waals surface area contributed by atoms with E-state index in [0.717, 1.165) is 68.2 Å². The Balaban J connectivity index is 0.000000108. The minimum atomic E-state index is 1.11. The van der Waals surface area contributed by atoms with Crippen LogP contribution in [-0.4, -0.2) is 13.7 Å². The molecule has 680 valence electrons. The summed E-state index contributed by atoms with van der Waals surface area (Å²) in [6.45, 7) is 0. The van der Waals surface area contributed by atoms with Crippen LogP contribution in [-0.2, 0) is 0 Å². The predicted molar refractivity (Wildman–Crippen MR) is 621 cm³/mol. The van der Waals surface area contributed by atoms with Gasteiger partial charge in [-0.15, -0.1) is 11.3 Å². The smallest absolute Gasteiger partial charge is 0.0555 e. The molecule has 0 fully saturated rings. The Labute approximate surface area is 843 Å². The SMILES string of the molecule is c1ccc(N(c2ccc(-c3ccc4ccccc4c3)cc2)c2ccc(-n3c4ccc5ccccc5c4c4c5ccccc5ccc43)cc2)cc1.c1ccc(N(c2ccc(-c3ccc4ccccc4c3)cc2)c2ccc(-n3c4ccccc4c4c5ccccc5ccc43)cc2)cc1.c1ccc(N(c2ccc(-c3ccc4ccccc4c3)cc2)c2cccc(-n3c4ccccc4c4c5sc6ccccc6c5ccc43)c2)cc1. The largest absolute Gasteiger partial charge is 0.311 e. The van der Waals surface area contributed by atoms with Crippen LogP contribution in [0.15, 0.2) is 558 Å². The maximum absolute atomic E-state index is 2.43. The second-order valence-electron chi connectivity index (χ2n) is 37.4. The van der Waals surface area contributed by atoms with Crippen molar-refractivity contribution in [3.8, 4) is 50.4 Å². The first-order valence-electron chi connectivity index (χ1n) is 49.6. The average Bonchev–Trinajstić information content (AvgIpc) is 1.57. The number of rotatable bonds is 15. The number of benzene rings is 25. The molecule has 0 unspecified atom stereocenters. The second kappa shape index (κ2) is 36.4. The van der Waals surface area contributed by atoms with Crippen LogP contribution in [0.3, 0.4) is 0 Å². The molecule has 29 aromatic rings. The normalized spacial score (nSPS) is 11.6. The van der Waals surface area contributed by atoms with Crippen LogP contribution in [0.1, 0.15) is 0 Å². The van der Waals surface area contributed by atoms with E-state index < -0.39 is 0 Å². The molecule has 0 bridgehead atoms. The molecule has 4 heterocycles. The van der Waals surface area contributed by atoms with Crippen LogP contribution in [0.2, 0.25) is 0 Å². The van der Waals surface area contributed by atoms with Gasteiger partial charge in [-0.3, -0.25) is 0 Å². The topological polar surface area (TPSA) is 24.5 Å². The molecule has 4 aromatic heterocycles. The van der Waals surface area contributed by atoms with Gasteiger partial charge < -0.3 is 28.4 Å². The quantitative estimate of drug-likeness (QED) is 0.102. The van der Waals surface area contributed by atoms with Crippen LogP contribution >= 0.6 is 11.3 Å². The predicted octanol–water partition coefficient (Wildman–Crippen LogP) is 39.0. The van der Waals surface area contributed by atoms with Crippen molar-refractivity contribution in [3.05, 3.63) is 558 Å². The third kappa shape index (κ3) is 15.4. The van der Waals surface area contributed by atoms with Crippen LogP contribution in [0.4, 0.5) is 51.2 Å². The lowest BCUT2D eigenvalue weighted by Gasteiger charge is -2.26. The van der Waals surface area contributed by atoms with Crippen molar-refractivity contribution < 1.29 is 0 Å². The fourth-order valence-corrected chi connectivity index (χ4v) is 23.5. The molecule has 0 saturated heterocycles. The fourth-order valence-electron chi connectivity index (χ4n) is 22.2. The summed E-state index contributed by atoms with van der Waals surface area (Å²) >= 11 is 1.90. The van der Waals surface area contributed by atoms with Crippen molar-refractivity contribution in [2.24, 2.45) is 0 Å². The molecule has 0 saturated carbocycles. The first-order chi connectivity index (χ1) is 71.9. The maximum Gasteiger partial charge on any atom is 0.0555 e. The molecule has 29 rings (SSSR count). The Morgan fingerprint density at radius 2 is 0.414 bits per heavy atom. The number of hydrogen-bond acceptors (Lipinski definition) is 4. The molecular formula is C138H92N6S. The fraction of sp³-hybridized carbons (Fsp3) is 0. The van der Waals surface area contributed by atoms with E-state index in [1.807, 2.05) is 11.3 Å². The van der Waals surface area contributed by atoms with Crippen molar-refractivity contribution in [3.63, 3.8) is 0 Å². The summed E-state index contributed by atoms with van der Waals surface area (Å²) in [5.74, 6) is 0. The maximum atomic E-state index is 2.43. The van der Waals surface area contributed by atoms with Gasteiger partial charge >= 0.3 is 0 Å². The Morgan fingerprint density at radius 3 is 0.834 bits per heavy atom. The van der Waals surface area contributed by atoms with Gasteiger partial charge in [-0.1, -0.05) is 358 Å². The number of hydrogen-bond donors (Lipinski definition) is 0. The molecular weight excluding hydrogens is 1770 g/mol. The van der Waals surface area contributed by atoms with Crippen molar-refractivity contribution in [1.82, 2.24) is 13.7 Å². The van der Waals surface area contributed by atoms with Crippen LogP contribution in [0, 0.1) is 0 Å². The van der Waals surface area contributed by atoms with E-state index in [9.17, 15) is 0 Å². The van der Waals surface area contributed by atoms with Crippen molar-refractivity contribution >= 4 is 213 Å². The average molecular weight is 1870 g/mol. The van der Waals surface area contributed by atoms with E-state index in [1.54, 1.807) is 0 Å². The first kappa shape index (κ1) is 85.3. The molecule has 0 radical (unpaired) electrons. The monoisotopic (exact) mass is 1860 g/mol.